The number of hydrogen-bond acceptors (Lipinski definition) is 14. The number of amides is 3. The molecule has 72 heavy (non-hydrogen) atoms. The van der Waals surface area contributed by atoms with Crippen LogP contribution < -0.4 is 51.3 Å². The number of carbonyl (C=O) groups is 3. The zero-order valence-electron chi connectivity index (χ0n) is 43.3. The Bertz CT molecular complexity index is 2200. The second kappa shape index (κ2) is 31.7. The summed E-state index contributed by atoms with van der Waals surface area (Å²) < 4.78 is 28.6. The van der Waals surface area contributed by atoms with E-state index in [0.29, 0.717) is 17.2 Å². The predicted molar refractivity (Wildman–Crippen MR) is 311 cm³/mol. The maximum Gasteiger partial charge on any atom is 0.426 e. The summed E-state index contributed by atoms with van der Waals surface area (Å²) in [4.78, 5) is 35.5. The Morgan fingerprint density at radius 1 is 0.486 bits per heavy atom. The average molecular weight is 1120 g/mol. The SMILES string of the molecule is CCCCCCCOc1ccc(C(=O)NNC(=O)OC(C)(C)C)cc1.CCCCCCCOc1ccc(C(=S)NNC(=O)OC(C)(C)C)cc1.COc1ccc(P2(=S)SP(=S)(c3ccc(OC)cc3)S2)cc1. The number of benzene rings is 4. The summed E-state index contributed by atoms with van der Waals surface area (Å²) in [7, 11) is 3.34. The maximum atomic E-state index is 12.0. The number of carbonyl (C=O) groups excluding carboxylic acids is 3. The van der Waals surface area contributed by atoms with Crippen molar-refractivity contribution in [2.75, 3.05) is 27.4 Å². The van der Waals surface area contributed by atoms with Crippen LogP contribution in [0.1, 0.15) is 136 Å². The van der Waals surface area contributed by atoms with Crippen LogP contribution in [-0.4, -0.2) is 61.7 Å². The van der Waals surface area contributed by atoms with Gasteiger partial charge in [0.2, 0.25) is 0 Å². The summed E-state index contributed by atoms with van der Waals surface area (Å²) in [6, 6.07) is 30.5. The first-order valence-corrected chi connectivity index (χ1v) is 34.2. The van der Waals surface area contributed by atoms with Gasteiger partial charge in [0.25, 0.3) is 5.91 Å². The standard InChI is InChI=1S/C19H30N2O4.C19H30N2O3S.C14H14O2P2S4/c1-5-6-7-8-9-14-24-16-12-10-15(11-13-16)17(22)20-21-18(23)25-19(2,3)4;1-5-6-7-8-9-14-23-16-12-10-15(11-13-16)17(25)20-21-18(22)24-19(2,3)4;1-15-11-3-7-13(8-4-11)17(19)21-18(20,22-17)14-9-5-12(16-2)6-10-14/h10-13H,5-9,14H2,1-4H3,(H,20,22)(H,21,23);10-13H,5-9,14H2,1-4H3,(H,20,25)(H,21,22);3-10H,1-2H3. The van der Waals surface area contributed by atoms with Gasteiger partial charge in [-0.1, -0.05) is 123 Å². The van der Waals surface area contributed by atoms with E-state index in [4.69, 9.17) is 64.3 Å². The highest BCUT2D eigenvalue weighted by Crippen LogP contribution is 3.04. The Morgan fingerprint density at radius 2 is 0.833 bits per heavy atom. The number of methoxy groups -OCH3 is 2. The first-order chi connectivity index (χ1) is 34.1. The molecule has 4 aromatic carbocycles. The van der Waals surface area contributed by atoms with Crippen molar-refractivity contribution < 1.29 is 42.8 Å². The molecule has 0 aliphatic carbocycles. The van der Waals surface area contributed by atoms with Crippen LogP contribution in [0.4, 0.5) is 9.59 Å². The molecule has 396 valence electrons. The van der Waals surface area contributed by atoms with Gasteiger partial charge >= 0.3 is 12.2 Å². The molecule has 13 nitrogen and oxygen atoms in total. The molecule has 20 heteroatoms. The predicted octanol–water partition coefficient (Wildman–Crippen LogP) is 13.7. The highest BCUT2D eigenvalue weighted by Gasteiger charge is 2.45. The third-order valence-electron chi connectivity index (χ3n) is 9.83. The fourth-order valence-corrected chi connectivity index (χ4v) is 48.6. The quantitative estimate of drug-likeness (QED) is 0.0287. The summed E-state index contributed by atoms with van der Waals surface area (Å²) >= 11 is 20.8. The molecule has 1 fully saturated rings. The number of hydrazine groups is 2. The number of unbranched alkanes of at least 4 members (excludes halogenated alkanes) is 8. The van der Waals surface area contributed by atoms with E-state index in [2.05, 4.69) is 59.8 Å². The fourth-order valence-electron chi connectivity index (χ4n) is 6.17. The lowest BCUT2D eigenvalue weighted by atomic mass is 10.2. The van der Waals surface area contributed by atoms with E-state index in [1.165, 1.54) is 62.0 Å². The Hall–Kier alpha value is -4.02. The van der Waals surface area contributed by atoms with Gasteiger partial charge in [0.1, 0.15) is 39.2 Å². The van der Waals surface area contributed by atoms with E-state index in [-0.39, 0.29) is 0 Å². The molecule has 1 heterocycles. The monoisotopic (exact) mass is 1120 g/mol. The van der Waals surface area contributed by atoms with Crippen molar-refractivity contribution in [1.29, 1.82) is 0 Å². The second-order valence-electron chi connectivity index (χ2n) is 18.3. The third kappa shape index (κ3) is 23.9. The lowest BCUT2D eigenvalue weighted by Crippen LogP contribution is -2.44. The molecule has 5 rings (SSSR count). The molecule has 1 aliphatic heterocycles. The van der Waals surface area contributed by atoms with Gasteiger partial charge in [-0.3, -0.25) is 15.6 Å². The van der Waals surface area contributed by atoms with Crippen molar-refractivity contribution in [1.82, 2.24) is 21.7 Å². The third-order valence-corrected chi connectivity index (χ3v) is 41.4. The second-order valence-corrected chi connectivity index (χ2v) is 40.0. The minimum atomic E-state index is -1.66. The zero-order chi connectivity index (χ0) is 53.2. The molecule has 0 aromatic heterocycles. The van der Waals surface area contributed by atoms with Gasteiger partial charge in [0.15, 0.2) is 0 Å². The van der Waals surface area contributed by atoms with Crippen LogP contribution in [0.3, 0.4) is 0 Å². The van der Waals surface area contributed by atoms with Crippen LogP contribution >= 0.6 is 43.1 Å². The van der Waals surface area contributed by atoms with Crippen LogP contribution in [0.2, 0.25) is 0 Å². The molecule has 0 spiro atoms. The molecule has 0 radical (unpaired) electrons. The van der Waals surface area contributed by atoms with Crippen molar-refractivity contribution in [2.45, 2.75) is 131 Å². The average Bonchev–Trinajstić information content (AvgIpc) is 3.34. The van der Waals surface area contributed by atoms with Crippen molar-refractivity contribution in [3.05, 3.63) is 108 Å². The van der Waals surface area contributed by atoms with Gasteiger partial charge < -0.3 is 28.4 Å². The molecule has 1 saturated heterocycles. The zero-order valence-corrected chi connectivity index (χ0v) is 49.2. The molecule has 3 amide bonds. The van der Waals surface area contributed by atoms with Crippen molar-refractivity contribution in [3.63, 3.8) is 0 Å². The van der Waals surface area contributed by atoms with Crippen LogP contribution in [0.5, 0.6) is 23.0 Å². The normalized spacial score (nSPS) is 15.8. The minimum Gasteiger partial charge on any atom is -0.497 e. The van der Waals surface area contributed by atoms with Crippen LogP contribution in [0, 0.1) is 0 Å². The van der Waals surface area contributed by atoms with Gasteiger partial charge in [-0.05, 0) is 151 Å². The first kappa shape index (κ1) is 62.3. The van der Waals surface area contributed by atoms with Gasteiger partial charge in [-0.2, -0.15) is 0 Å². The first-order valence-electron chi connectivity index (χ1n) is 24.1. The molecule has 4 aromatic rings. The Balaban J connectivity index is 0.000000286. The van der Waals surface area contributed by atoms with Crippen molar-refractivity contribution >= 4 is 100 Å². The molecular weight excluding hydrogens is 1050 g/mol. The fraction of sp³-hybridized carbons (Fsp3) is 0.462. The molecular formula is C52H74N4O9P2S5. The maximum absolute atomic E-state index is 12.0. The van der Waals surface area contributed by atoms with Gasteiger partial charge in [0, 0.05) is 21.7 Å². The van der Waals surface area contributed by atoms with E-state index in [1.54, 1.807) is 80.0 Å². The van der Waals surface area contributed by atoms with Gasteiger partial charge in [0.05, 0.1) is 36.3 Å². The number of thiocarbonyl (C=S) groups is 1. The lowest BCUT2D eigenvalue weighted by Gasteiger charge is -2.40. The Kier molecular flexibility index (Phi) is 27.4. The van der Waals surface area contributed by atoms with E-state index < -0.39 is 38.2 Å². The minimum absolute atomic E-state index is 0.414. The molecule has 0 atom stereocenters. The van der Waals surface area contributed by atoms with E-state index in [0.717, 1.165) is 48.0 Å². The molecule has 1 aliphatic rings. The molecule has 4 N–H and O–H groups in total. The molecule has 0 bridgehead atoms. The van der Waals surface area contributed by atoms with E-state index >= 15 is 0 Å². The highest BCUT2D eigenvalue weighted by molar-refractivity contribution is 9.48. The summed E-state index contributed by atoms with van der Waals surface area (Å²) in [5.74, 6) is 2.84. The van der Waals surface area contributed by atoms with Crippen molar-refractivity contribution in [2.24, 2.45) is 0 Å². The molecule has 0 saturated carbocycles. The number of rotatable bonds is 20. The van der Waals surface area contributed by atoms with Crippen molar-refractivity contribution in [3.8, 4) is 23.0 Å². The highest BCUT2D eigenvalue weighted by atomic mass is 33.7. The van der Waals surface area contributed by atoms with Crippen LogP contribution in [0.25, 0.3) is 0 Å². The van der Waals surface area contributed by atoms with E-state index in [1.807, 2.05) is 70.5 Å². The summed E-state index contributed by atoms with van der Waals surface area (Å²) in [5, 5.41) is 2.43. The summed E-state index contributed by atoms with van der Waals surface area (Å²) in [5.41, 5.74) is 9.67. The lowest BCUT2D eigenvalue weighted by molar-refractivity contribution is 0.0481. The smallest absolute Gasteiger partial charge is 0.426 e. The largest absolute Gasteiger partial charge is 0.497 e. The van der Waals surface area contributed by atoms with E-state index in [9.17, 15) is 14.4 Å². The number of nitrogens with one attached hydrogen (secondary N) is 4. The topological polar surface area (TPSA) is 155 Å². The number of hydrogen-bond donors (Lipinski definition) is 4. The summed E-state index contributed by atoms with van der Waals surface area (Å²) in [6.45, 7) is 16.4. The molecule has 0 unspecified atom stereocenters. The van der Waals surface area contributed by atoms with Crippen LogP contribution in [0.15, 0.2) is 97.1 Å². The van der Waals surface area contributed by atoms with Gasteiger partial charge in [-0.15, -0.1) is 0 Å². The summed E-state index contributed by atoms with van der Waals surface area (Å²) in [6.07, 6.45) is 10.7. The van der Waals surface area contributed by atoms with Gasteiger partial charge in [-0.25, -0.2) is 20.4 Å². The van der Waals surface area contributed by atoms with Crippen LogP contribution in [-0.2, 0) is 33.1 Å². The number of ether oxygens (including phenoxy) is 6. The Labute approximate surface area is 451 Å². The Morgan fingerprint density at radius 3 is 1.19 bits per heavy atom.